The Bertz CT molecular complexity index is 851. The summed E-state index contributed by atoms with van der Waals surface area (Å²) in [4.78, 5) is 36.3. The Balaban J connectivity index is 2.68. The molecule has 0 fully saturated rings. The molecule has 0 radical (unpaired) electrons. The molecule has 0 saturated carbocycles. The Kier molecular flexibility index (Phi) is 15.3. The van der Waals surface area contributed by atoms with E-state index in [1.807, 2.05) is 13.8 Å². The first-order chi connectivity index (χ1) is 17.5. The number of benzene rings is 1. The van der Waals surface area contributed by atoms with Gasteiger partial charge in [0.05, 0.1) is 12.1 Å². The molecule has 0 heterocycles. The number of thiol groups is 1. The van der Waals surface area contributed by atoms with Crippen molar-refractivity contribution in [1.82, 2.24) is 16.0 Å². The number of amides is 3. The SMILES string of the molecule is CCNc1cc(C)ccc1C(C)CCNC(=O)[C@H](C)C[C@H](O)[C@H](CC(C)C)NC(=O)[C@H](CCS)NC=O. The standard InChI is InChI=1S/C28H48N4O4S/c1-7-29-24-15-19(4)8-9-22(24)20(5)10-12-30-27(35)21(6)16-26(34)25(14-18(2)3)32-28(36)23(11-13-37)31-17-33/h8-9,15,17-18,20-21,23,25-26,29,34,37H,7,10-14,16H2,1-6H3,(H,30,35)(H,31,33)(H,32,36)/t20?,21-,23+,25+,26+/m1/s1. The van der Waals surface area contributed by atoms with Crippen molar-refractivity contribution in [3.63, 3.8) is 0 Å². The van der Waals surface area contributed by atoms with Crippen molar-refractivity contribution in [3.05, 3.63) is 29.3 Å². The maximum Gasteiger partial charge on any atom is 0.242 e. The monoisotopic (exact) mass is 536 g/mol. The van der Waals surface area contributed by atoms with Crippen LogP contribution in [0.1, 0.15) is 77.3 Å². The molecule has 1 aromatic carbocycles. The van der Waals surface area contributed by atoms with Gasteiger partial charge in [-0.25, -0.2) is 0 Å². The zero-order valence-electron chi connectivity index (χ0n) is 23.3. The van der Waals surface area contributed by atoms with Gasteiger partial charge in [-0.15, -0.1) is 0 Å². The Labute approximate surface area is 228 Å². The largest absolute Gasteiger partial charge is 0.391 e. The fourth-order valence-corrected chi connectivity index (χ4v) is 4.68. The average Bonchev–Trinajstić information content (AvgIpc) is 2.83. The van der Waals surface area contributed by atoms with E-state index >= 15 is 0 Å². The summed E-state index contributed by atoms with van der Waals surface area (Å²) in [7, 11) is 0. The lowest BCUT2D eigenvalue weighted by Crippen LogP contribution is -2.52. The van der Waals surface area contributed by atoms with Crippen LogP contribution in [0.5, 0.6) is 0 Å². The van der Waals surface area contributed by atoms with Crippen molar-refractivity contribution >= 4 is 36.5 Å². The summed E-state index contributed by atoms with van der Waals surface area (Å²) in [6, 6.07) is 5.18. The van der Waals surface area contributed by atoms with E-state index in [1.54, 1.807) is 6.92 Å². The summed E-state index contributed by atoms with van der Waals surface area (Å²) in [6.45, 7) is 13.5. The number of carbonyl (C=O) groups excluding carboxylic acids is 3. The van der Waals surface area contributed by atoms with Crippen LogP contribution in [0.3, 0.4) is 0 Å². The van der Waals surface area contributed by atoms with Crippen molar-refractivity contribution in [2.24, 2.45) is 11.8 Å². The van der Waals surface area contributed by atoms with E-state index in [0.29, 0.717) is 31.5 Å². The molecule has 0 aliphatic carbocycles. The van der Waals surface area contributed by atoms with Crippen LogP contribution in [-0.4, -0.2) is 60.4 Å². The van der Waals surface area contributed by atoms with E-state index in [9.17, 15) is 19.5 Å². The van der Waals surface area contributed by atoms with Crippen LogP contribution >= 0.6 is 12.6 Å². The molecule has 210 valence electrons. The Morgan fingerprint density at radius 1 is 1.08 bits per heavy atom. The zero-order valence-corrected chi connectivity index (χ0v) is 24.2. The first-order valence-corrected chi connectivity index (χ1v) is 14.1. The summed E-state index contributed by atoms with van der Waals surface area (Å²) in [6.07, 6.45) is 1.56. The zero-order chi connectivity index (χ0) is 28.0. The van der Waals surface area contributed by atoms with Gasteiger partial charge in [-0.3, -0.25) is 14.4 Å². The Morgan fingerprint density at radius 2 is 1.78 bits per heavy atom. The van der Waals surface area contributed by atoms with Crippen molar-refractivity contribution in [2.45, 2.75) is 91.3 Å². The number of anilines is 1. The maximum absolute atomic E-state index is 12.8. The van der Waals surface area contributed by atoms with E-state index in [2.05, 4.69) is 72.9 Å². The van der Waals surface area contributed by atoms with Crippen molar-refractivity contribution < 1.29 is 19.5 Å². The summed E-state index contributed by atoms with van der Waals surface area (Å²) in [5.74, 6) is 0.0348. The number of rotatable bonds is 18. The number of carbonyl (C=O) groups is 3. The number of aryl methyl sites for hydroxylation is 1. The third-order valence-electron chi connectivity index (χ3n) is 6.55. The summed E-state index contributed by atoms with van der Waals surface area (Å²) < 4.78 is 0. The third kappa shape index (κ3) is 11.8. The van der Waals surface area contributed by atoms with Gasteiger partial charge in [-0.2, -0.15) is 12.6 Å². The second kappa shape index (κ2) is 17.3. The lowest BCUT2D eigenvalue weighted by atomic mass is 9.92. The molecule has 1 unspecified atom stereocenters. The number of nitrogens with one attached hydrogen (secondary N) is 4. The topological polar surface area (TPSA) is 120 Å². The first kappa shape index (κ1) is 32.8. The maximum atomic E-state index is 12.8. The van der Waals surface area contributed by atoms with Crippen molar-refractivity contribution in [2.75, 3.05) is 24.2 Å². The number of hydrogen-bond donors (Lipinski definition) is 6. The van der Waals surface area contributed by atoms with Crippen LogP contribution < -0.4 is 21.3 Å². The minimum absolute atomic E-state index is 0.118. The normalized spacial score (nSPS) is 15.3. The number of aliphatic hydroxyl groups is 1. The van der Waals surface area contributed by atoms with Crippen molar-refractivity contribution in [1.29, 1.82) is 0 Å². The van der Waals surface area contributed by atoms with Crippen LogP contribution in [-0.2, 0) is 14.4 Å². The first-order valence-electron chi connectivity index (χ1n) is 13.4. The van der Waals surface area contributed by atoms with Crippen molar-refractivity contribution in [3.8, 4) is 0 Å². The smallest absolute Gasteiger partial charge is 0.242 e. The molecule has 0 saturated heterocycles. The Hall–Kier alpha value is -2.26. The van der Waals surface area contributed by atoms with Gasteiger partial charge in [0.25, 0.3) is 0 Å². The Morgan fingerprint density at radius 3 is 2.38 bits per heavy atom. The summed E-state index contributed by atoms with van der Waals surface area (Å²) in [5.41, 5.74) is 3.57. The van der Waals surface area contributed by atoms with Gasteiger partial charge in [0, 0.05) is 24.7 Å². The molecule has 5 N–H and O–H groups in total. The molecule has 3 amide bonds. The highest BCUT2D eigenvalue weighted by molar-refractivity contribution is 7.80. The molecule has 5 atom stereocenters. The summed E-state index contributed by atoms with van der Waals surface area (Å²) >= 11 is 4.15. The lowest BCUT2D eigenvalue weighted by molar-refractivity contribution is -0.127. The molecule has 9 heteroatoms. The minimum Gasteiger partial charge on any atom is -0.391 e. The van der Waals surface area contributed by atoms with Crippen LogP contribution in [0.15, 0.2) is 18.2 Å². The van der Waals surface area contributed by atoms with Gasteiger partial charge < -0.3 is 26.4 Å². The van der Waals surface area contributed by atoms with Gasteiger partial charge in [0.1, 0.15) is 6.04 Å². The van der Waals surface area contributed by atoms with Gasteiger partial charge in [0.15, 0.2) is 0 Å². The van der Waals surface area contributed by atoms with E-state index in [-0.39, 0.29) is 30.1 Å². The molecule has 0 bridgehead atoms. The van der Waals surface area contributed by atoms with Gasteiger partial charge in [-0.05, 0) is 74.3 Å². The molecular formula is C28H48N4O4S. The highest BCUT2D eigenvalue weighted by atomic mass is 32.1. The second-order valence-corrected chi connectivity index (χ2v) is 10.8. The van der Waals surface area contributed by atoms with E-state index in [1.165, 1.54) is 11.1 Å². The molecule has 1 rings (SSSR count). The highest BCUT2D eigenvalue weighted by Crippen LogP contribution is 2.27. The van der Waals surface area contributed by atoms with Crippen LogP contribution in [0, 0.1) is 18.8 Å². The molecule has 8 nitrogen and oxygen atoms in total. The third-order valence-corrected chi connectivity index (χ3v) is 6.81. The van der Waals surface area contributed by atoms with Gasteiger partial charge >= 0.3 is 0 Å². The van der Waals surface area contributed by atoms with Crippen LogP contribution in [0.4, 0.5) is 5.69 Å². The highest BCUT2D eigenvalue weighted by Gasteiger charge is 2.28. The van der Waals surface area contributed by atoms with Gasteiger partial charge in [0.2, 0.25) is 18.2 Å². The molecule has 0 aliphatic heterocycles. The fraction of sp³-hybridized carbons (Fsp3) is 0.679. The lowest BCUT2D eigenvalue weighted by Gasteiger charge is -2.29. The predicted octanol–water partition coefficient (Wildman–Crippen LogP) is 3.39. The minimum atomic E-state index is -0.894. The number of hydrogen-bond acceptors (Lipinski definition) is 6. The van der Waals surface area contributed by atoms with Crippen LogP contribution in [0.25, 0.3) is 0 Å². The molecule has 0 aromatic heterocycles. The van der Waals surface area contributed by atoms with E-state index in [4.69, 9.17) is 0 Å². The average molecular weight is 537 g/mol. The predicted molar refractivity (Wildman–Crippen MR) is 154 cm³/mol. The molecule has 0 aliphatic rings. The summed E-state index contributed by atoms with van der Waals surface area (Å²) in [5, 5.41) is 22.7. The molecular weight excluding hydrogens is 488 g/mol. The van der Waals surface area contributed by atoms with Gasteiger partial charge in [-0.1, -0.05) is 39.8 Å². The molecule has 1 aromatic rings. The van der Waals surface area contributed by atoms with E-state index < -0.39 is 24.1 Å². The fourth-order valence-electron chi connectivity index (χ4n) is 4.42. The van der Waals surface area contributed by atoms with Crippen LogP contribution in [0.2, 0.25) is 0 Å². The van der Waals surface area contributed by atoms with E-state index in [0.717, 1.165) is 18.7 Å². The quantitative estimate of drug-likeness (QED) is 0.127. The molecule has 37 heavy (non-hydrogen) atoms. The second-order valence-electron chi connectivity index (χ2n) is 10.4. The molecule has 0 spiro atoms. The number of aliphatic hydroxyl groups excluding tert-OH is 1.